The number of rotatable bonds is 4. The van der Waals surface area contributed by atoms with Gasteiger partial charge in [-0.25, -0.2) is 9.59 Å². The molecule has 1 aliphatic carbocycles. The summed E-state index contributed by atoms with van der Waals surface area (Å²) in [5, 5.41) is 20.9. The lowest BCUT2D eigenvalue weighted by Crippen LogP contribution is -2.41. The van der Waals surface area contributed by atoms with E-state index in [0.29, 0.717) is 5.56 Å². The molecule has 10 nitrogen and oxygen atoms in total. The third-order valence-electron chi connectivity index (χ3n) is 6.88. The topological polar surface area (TPSA) is 160 Å². The highest BCUT2D eigenvalue weighted by Gasteiger charge is 2.45. The van der Waals surface area contributed by atoms with Gasteiger partial charge in [-0.1, -0.05) is 54.6 Å². The minimum absolute atomic E-state index is 0.0749. The molecule has 3 aromatic carbocycles. The molecular formula is C30H21N3O7. The molecule has 0 radical (unpaired) electrons. The summed E-state index contributed by atoms with van der Waals surface area (Å²) in [6.45, 7) is 0. The largest absolute Gasteiger partial charge is 0.507 e. The molecule has 1 aliphatic heterocycles. The molecule has 0 saturated carbocycles. The first-order chi connectivity index (χ1) is 19.3. The number of nitrogens with two attached hydrogens (primary N) is 1. The highest BCUT2D eigenvalue weighted by Crippen LogP contribution is 2.46. The number of allylic oxidation sites excluding steroid dienone is 1. The maximum atomic E-state index is 13.8. The second kappa shape index (κ2) is 9.89. The molecule has 10 heteroatoms. The number of esters is 2. The molecule has 5 rings (SSSR count). The molecule has 1 heterocycles. The number of phenols is 1. The standard InChI is InChI=1S/C30H21N3O7/c1-39-29(37)24-21(15-8-4-3-5-9-15)18(14-31)28(32)33(25(24)30(38)40-2)19-12-13-20(34)23-22(19)26(35)16-10-6-7-11-17(16)27(23)36/h3-13,21,34H,32H2,1-2H3. The van der Waals surface area contributed by atoms with Gasteiger partial charge in [-0.3, -0.25) is 14.5 Å². The normalized spacial score (nSPS) is 16.2. The van der Waals surface area contributed by atoms with Crippen LogP contribution in [0.5, 0.6) is 5.75 Å². The minimum Gasteiger partial charge on any atom is -0.507 e. The number of benzene rings is 3. The van der Waals surface area contributed by atoms with Crippen LogP contribution in [0.1, 0.15) is 43.3 Å². The average Bonchev–Trinajstić information content (AvgIpc) is 2.98. The van der Waals surface area contributed by atoms with Crippen LogP contribution in [0.2, 0.25) is 0 Å². The predicted octanol–water partition coefficient (Wildman–Crippen LogP) is 3.07. The molecule has 0 saturated heterocycles. The molecule has 0 bridgehead atoms. The van der Waals surface area contributed by atoms with Gasteiger partial charge in [0.1, 0.15) is 17.3 Å². The number of phenolic OH excluding ortho intramolecular Hbond substituents is 1. The first kappa shape index (κ1) is 25.9. The Balaban J connectivity index is 1.89. The summed E-state index contributed by atoms with van der Waals surface area (Å²) in [5.41, 5.74) is 5.73. The summed E-state index contributed by atoms with van der Waals surface area (Å²) in [4.78, 5) is 55.0. The molecular weight excluding hydrogens is 514 g/mol. The van der Waals surface area contributed by atoms with Crippen LogP contribution in [0.3, 0.4) is 0 Å². The van der Waals surface area contributed by atoms with Crippen LogP contribution in [0.25, 0.3) is 0 Å². The second-order valence-electron chi connectivity index (χ2n) is 8.89. The zero-order chi connectivity index (χ0) is 28.7. The van der Waals surface area contributed by atoms with Crippen molar-refractivity contribution in [1.82, 2.24) is 0 Å². The molecule has 198 valence electrons. The number of ether oxygens (including phenoxy) is 2. The minimum atomic E-state index is -1.12. The Kier molecular flexibility index (Phi) is 6.41. The molecule has 0 aromatic heterocycles. The van der Waals surface area contributed by atoms with Gasteiger partial charge >= 0.3 is 11.9 Å². The number of nitriles is 1. The molecule has 1 unspecified atom stereocenters. The van der Waals surface area contributed by atoms with Crippen LogP contribution in [0, 0.1) is 11.3 Å². The van der Waals surface area contributed by atoms with Crippen molar-refractivity contribution in [2.24, 2.45) is 5.73 Å². The van der Waals surface area contributed by atoms with Gasteiger partial charge in [0.05, 0.1) is 54.2 Å². The van der Waals surface area contributed by atoms with Crippen molar-refractivity contribution in [2.75, 3.05) is 19.1 Å². The number of carbonyl (C=O) groups is 4. The molecule has 1 atom stereocenters. The third kappa shape index (κ3) is 3.72. The van der Waals surface area contributed by atoms with Crippen molar-refractivity contribution in [3.63, 3.8) is 0 Å². The highest BCUT2D eigenvalue weighted by atomic mass is 16.5. The van der Waals surface area contributed by atoms with Gasteiger partial charge in [-0.2, -0.15) is 5.26 Å². The van der Waals surface area contributed by atoms with Crippen molar-refractivity contribution in [1.29, 1.82) is 5.26 Å². The van der Waals surface area contributed by atoms with Crippen LogP contribution < -0.4 is 10.6 Å². The van der Waals surface area contributed by atoms with E-state index in [4.69, 9.17) is 15.2 Å². The molecule has 0 fully saturated rings. The lowest BCUT2D eigenvalue weighted by molar-refractivity contribution is -0.139. The fourth-order valence-electron chi connectivity index (χ4n) is 5.14. The molecule has 0 amide bonds. The van der Waals surface area contributed by atoms with Gasteiger partial charge in [-0.05, 0) is 17.7 Å². The zero-order valence-corrected chi connectivity index (χ0v) is 21.3. The maximum absolute atomic E-state index is 13.8. The average molecular weight is 536 g/mol. The predicted molar refractivity (Wildman–Crippen MR) is 141 cm³/mol. The van der Waals surface area contributed by atoms with Crippen molar-refractivity contribution in [3.05, 3.63) is 117 Å². The van der Waals surface area contributed by atoms with Gasteiger partial charge in [0.25, 0.3) is 0 Å². The Bertz CT molecular complexity index is 1730. The van der Waals surface area contributed by atoms with Crippen molar-refractivity contribution < 1.29 is 33.8 Å². The van der Waals surface area contributed by atoms with Crippen molar-refractivity contribution >= 4 is 29.2 Å². The van der Waals surface area contributed by atoms with Gasteiger partial charge in [0.2, 0.25) is 0 Å². The Morgan fingerprint density at radius 1 is 0.875 bits per heavy atom. The molecule has 40 heavy (non-hydrogen) atoms. The number of carbonyl (C=O) groups excluding carboxylic acids is 4. The Morgan fingerprint density at radius 2 is 1.45 bits per heavy atom. The van der Waals surface area contributed by atoms with E-state index < -0.39 is 40.9 Å². The summed E-state index contributed by atoms with van der Waals surface area (Å²) in [7, 11) is 2.21. The maximum Gasteiger partial charge on any atom is 0.355 e. The number of nitrogens with zero attached hydrogens (tertiary/aromatic N) is 2. The first-order valence-electron chi connectivity index (χ1n) is 12.0. The molecule has 3 N–H and O–H groups in total. The molecule has 3 aromatic rings. The summed E-state index contributed by atoms with van der Waals surface area (Å²) >= 11 is 0. The van der Waals surface area contributed by atoms with Gasteiger partial charge in [-0.15, -0.1) is 0 Å². The second-order valence-corrected chi connectivity index (χ2v) is 8.89. The fourth-order valence-corrected chi connectivity index (χ4v) is 5.14. The highest BCUT2D eigenvalue weighted by molar-refractivity contribution is 6.31. The van der Waals surface area contributed by atoms with E-state index in [0.717, 1.165) is 19.1 Å². The van der Waals surface area contributed by atoms with Crippen molar-refractivity contribution in [3.8, 4) is 11.8 Å². The number of aromatic hydroxyl groups is 1. The number of ketones is 2. The zero-order valence-electron chi connectivity index (χ0n) is 21.3. The Morgan fingerprint density at radius 3 is 2.02 bits per heavy atom. The number of anilines is 1. The lowest BCUT2D eigenvalue weighted by Gasteiger charge is -2.37. The van der Waals surface area contributed by atoms with E-state index in [1.54, 1.807) is 42.5 Å². The SMILES string of the molecule is COC(=O)C1=C(C(=O)OC)N(c2ccc(O)c3c2C(=O)c2ccccc2C3=O)C(N)=C(C#N)C1c1ccccc1. The van der Waals surface area contributed by atoms with Crippen molar-refractivity contribution in [2.45, 2.75) is 5.92 Å². The summed E-state index contributed by atoms with van der Waals surface area (Å²) < 4.78 is 10.1. The first-order valence-corrected chi connectivity index (χ1v) is 12.0. The number of methoxy groups -OCH3 is 2. The Labute approximate surface area is 228 Å². The van der Waals surface area contributed by atoms with Crippen LogP contribution >= 0.6 is 0 Å². The fraction of sp³-hybridized carbons (Fsp3) is 0.100. The number of fused-ring (bicyclic) bond motifs is 2. The van der Waals surface area contributed by atoms with E-state index in [-0.39, 0.29) is 44.9 Å². The van der Waals surface area contributed by atoms with Gasteiger partial charge in [0, 0.05) is 11.1 Å². The van der Waals surface area contributed by atoms with Crippen LogP contribution in [-0.2, 0) is 19.1 Å². The smallest absolute Gasteiger partial charge is 0.355 e. The number of hydrogen-bond donors (Lipinski definition) is 2. The van der Waals surface area contributed by atoms with Crippen LogP contribution in [0.4, 0.5) is 5.69 Å². The van der Waals surface area contributed by atoms with Crippen LogP contribution in [0.15, 0.2) is 89.4 Å². The quantitative estimate of drug-likeness (QED) is 0.372. The van der Waals surface area contributed by atoms with E-state index >= 15 is 0 Å². The van der Waals surface area contributed by atoms with E-state index in [2.05, 4.69) is 0 Å². The van der Waals surface area contributed by atoms with E-state index in [9.17, 15) is 29.5 Å². The molecule has 2 aliphatic rings. The lowest BCUT2D eigenvalue weighted by atomic mass is 9.79. The summed E-state index contributed by atoms with van der Waals surface area (Å²) in [6, 6.07) is 19.0. The third-order valence-corrected chi connectivity index (χ3v) is 6.88. The number of hydrogen-bond acceptors (Lipinski definition) is 10. The Hall–Kier alpha value is -5.69. The van der Waals surface area contributed by atoms with Crippen LogP contribution in [-0.4, -0.2) is 42.8 Å². The van der Waals surface area contributed by atoms with E-state index in [1.807, 2.05) is 6.07 Å². The molecule has 0 spiro atoms. The van der Waals surface area contributed by atoms with E-state index in [1.165, 1.54) is 24.3 Å². The monoisotopic (exact) mass is 535 g/mol. The summed E-state index contributed by atoms with van der Waals surface area (Å²) in [6.07, 6.45) is 0. The van der Waals surface area contributed by atoms with Gasteiger partial charge in [0.15, 0.2) is 11.6 Å². The summed E-state index contributed by atoms with van der Waals surface area (Å²) in [5.74, 6) is -5.07. The van der Waals surface area contributed by atoms with Gasteiger partial charge < -0.3 is 20.3 Å².